The summed E-state index contributed by atoms with van der Waals surface area (Å²) in [6.45, 7) is 7.26. The molecule has 0 aliphatic carbocycles. The van der Waals surface area contributed by atoms with E-state index in [0.717, 1.165) is 5.69 Å². The molecule has 1 unspecified atom stereocenters. The van der Waals surface area contributed by atoms with Crippen LogP contribution in [0.4, 0.5) is 5.69 Å². The van der Waals surface area contributed by atoms with Crippen molar-refractivity contribution in [2.45, 2.75) is 24.7 Å². The number of benzene rings is 2. The topological polar surface area (TPSA) is 69.5 Å². The zero-order valence-electron chi connectivity index (χ0n) is 17.3. The number of aromatic nitrogens is 3. The van der Waals surface area contributed by atoms with Crippen LogP contribution in [0.3, 0.4) is 0 Å². The molecule has 31 heavy (non-hydrogen) atoms. The van der Waals surface area contributed by atoms with Crippen LogP contribution in [0.25, 0.3) is 0 Å². The zero-order chi connectivity index (χ0) is 21.6. The monoisotopic (exact) mass is 436 g/mol. The third-order valence-corrected chi connectivity index (χ3v) is 5.82. The quantitative estimate of drug-likeness (QED) is 0.391. The number of fused-ring (bicyclic) bond motifs is 1. The summed E-state index contributed by atoms with van der Waals surface area (Å²) in [6.07, 6.45) is 1.39. The lowest BCUT2D eigenvalue weighted by molar-refractivity contribution is -0.116. The number of hydrogen-bond acceptors (Lipinski definition) is 6. The molecule has 2 aromatic carbocycles. The number of thioether (sulfide) groups is 1. The second kappa shape index (κ2) is 9.70. The van der Waals surface area contributed by atoms with Gasteiger partial charge in [0.1, 0.15) is 6.61 Å². The molecule has 1 aromatic heterocycles. The molecule has 1 atom stereocenters. The lowest BCUT2D eigenvalue weighted by Gasteiger charge is -2.26. The number of carbonyl (C=O) groups excluding carboxylic acids is 1. The maximum absolute atomic E-state index is 12.8. The van der Waals surface area contributed by atoms with E-state index >= 15 is 0 Å². The molecule has 0 bridgehead atoms. The smallest absolute Gasteiger partial charge is 0.237 e. The molecule has 0 radical (unpaired) electrons. The summed E-state index contributed by atoms with van der Waals surface area (Å²) in [7, 11) is 0. The van der Waals surface area contributed by atoms with E-state index in [9.17, 15) is 4.79 Å². The Morgan fingerprint density at radius 3 is 2.68 bits per heavy atom. The molecule has 0 N–H and O–H groups in total. The van der Waals surface area contributed by atoms with Crippen molar-refractivity contribution in [2.75, 3.05) is 23.8 Å². The van der Waals surface area contributed by atoms with Crippen LogP contribution in [-0.2, 0) is 11.3 Å². The number of carbonyl (C=O) groups is 1. The summed E-state index contributed by atoms with van der Waals surface area (Å²) in [5.74, 6) is 2.31. The minimum Gasteiger partial charge on any atom is -0.485 e. The lowest BCUT2D eigenvalue weighted by Crippen LogP contribution is -2.32. The largest absolute Gasteiger partial charge is 0.485 e. The van der Waals surface area contributed by atoms with Crippen molar-refractivity contribution in [3.05, 3.63) is 73.1 Å². The van der Waals surface area contributed by atoms with Crippen molar-refractivity contribution in [3.8, 4) is 11.5 Å². The molecule has 8 heteroatoms. The summed E-state index contributed by atoms with van der Waals surface area (Å²) in [5, 5.41) is 9.31. The lowest BCUT2D eigenvalue weighted by atomic mass is 10.2. The minimum atomic E-state index is -0.385. The van der Waals surface area contributed by atoms with E-state index in [2.05, 4.69) is 16.8 Å². The maximum atomic E-state index is 12.8. The van der Waals surface area contributed by atoms with Crippen LogP contribution in [0, 0.1) is 0 Å². The summed E-state index contributed by atoms with van der Waals surface area (Å²) >= 11 is 1.36. The molecule has 0 spiro atoms. The van der Waals surface area contributed by atoms with Crippen molar-refractivity contribution in [3.63, 3.8) is 0 Å². The Morgan fingerprint density at radius 2 is 1.94 bits per heavy atom. The Bertz CT molecular complexity index is 1050. The first-order valence-electron chi connectivity index (χ1n) is 10.1. The zero-order valence-corrected chi connectivity index (χ0v) is 18.1. The number of anilines is 1. The SMILES string of the molecule is C=CCn1c(SCC(=O)N(CC)c2ccccc2)nnc1C1COc2ccccc2O1. The molecule has 4 rings (SSSR count). The van der Waals surface area contributed by atoms with Gasteiger partial charge in [-0.2, -0.15) is 0 Å². The standard InChI is InChI=1S/C23H24N4O3S/c1-3-14-27-22(20-15-29-18-12-8-9-13-19(18)30-20)24-25-23(27)31-16-21(28)26(4-2)17-10-6-5-7-11-17/h3,5-13,20H,1,4,14-16H2,2H3. The molecule has 3 aromatic rings. The van der Waals surface area contributed by atoms with Gasteiger partial charge in [0.2, 0.25) is 5.91 Å². The molecule has 1 aliphatic rings. The van der Waals surface area contributed by atoms with E-state index in [1.54, 1.807) is 11.0 Å². The summed E-state index contributed by atoms with van der Waals surface area (Å²) in [6, 6.07) is 17.2. The average molecular weight is 437 g/mol. The molecule has 1 aliphatic heterocycles. The van der Waals surface area contributed by atoms with Crippen molar-refractivity contribution >= 4 is 23.4 Å². The van der Waals surface area contributed by atoms with E-state index in [0.29, 0.717) is 42.2 Å². The predicted molar refractivity (Wildman–Crippen MR) is 121 cm³/mol. The molecule has 160 valence electrons. The molecule has 7 nitrogen and oxygen atoms in total. The third kappa shape index (κ3) is 4.59. The van der Waals surface area contributed by atoms with Gasteiger partial charge in [0.05, 0.1) is 5.75 Å². The van der Waals surface area contributed by atoms with Crippen LogP contribution in [0.1, 0.15) is 18.9 Å². The van der Waals surface area contributed by atoms with Gasteiger partial charge in [-0.15, -0.1) is 16.8 Å². The van der Waals surface area contributed by atoms with Crippen LogP contribution in [0.2, 0.25) is 0 Å². The minimum absolute atomic E-state index is 0.0135. The molecular weight excluding hydrogens is 412 g/mol. The van der Waals surface area contributed by atoms with Gasteiger partial charge in [-0.3, -0.25) is 9.36 Å². The molecule has 1 amide bonds. The fraction of sp³-hybridized carbons (Fsp3) is 0.261. The van der Waals surface area contributed by atoms with Crippen LogP contribution in [0.15, 0.2) is 72.4 Å². The van der Waals surface area contributed by atoms with Gasteiger partial charge < -0.3 is 14.4 Å². The van der Waals surface area contributed by atoms with Crippen molar-refractivity contribution in [2.24, 2.45) is 0 Å². The Kier molecular flexibility index (Phi) is 6.57. The fourth-order valence-electron chi connectivity index (χ4n) is 3.41. The van der Waals surface area contributed by atoms with Gasteiger partial charge in [-0.05, 0) is 31.2 Å². The highest BCUT2D eigenvalue weighted by Crippen LogP contribution is 2.36. The van der Waals surface area contributed by atoms with E-state index in [4.69, 9.17) is 9.47 Å². The first-order chi connectivity index (χ1) is 15.2. The first kappa shape index (κ1) is 21.0. The van der Waals surface area contributed by atoms with Crippen LogP contribution < -0.4 is 14.4 Å². The number of amides is 1. The third-order valence-electron chi connectivity index (χ3n) is 4.86. The molecule has 2 heterocycles. The van der Waals surface area contributed by atoms with Gasteiger partial charge in [-0.1, -0.05) is 48.2 Å². The van der Waals surface area contributed by atoms with Crippen LogP contribution >= 0.6 is 11.8 Å². The van der Waals surface area contributed by atoms with Crippen LogP contribution in [-0.4, -0.2) is 39.6 Å². The van der Waals surface area contributed by atoms with Gasteiger partial charge in [-0.25, -0.2) is 0 Å². The highest BCUT2D eigenvalue weighted by molar-refractivity contribution is 7.99. The number of para-hydroxylation sites is 3. The normalized spacial score (nSPS) is 14.8. The molecular formula is C23H24N4O3S. The van der Waals surface area contributed by atoms with E-state index in [1.165, 1.54) is 11.8 Å². The first-order valence-corrected chi connectivity index (χ1v) is 11.1. The summed E-state index contributed by atoms with van der Waals surface area (Å²) in [4.78, 5) is 14.6. The van der Waals surface area contributed by atoms with E-state index in [-0.39, 0.29) is 17.8 Å². The predicted octanol–water partition coefficient (Wildman–Crippen LogP) is 4.12. The number of rotatable bonds is 8. The van der Waals surface area contributed by atoms with Crippen molar-refractivity contribution in [1.82, 2.24) is 14.8 Å². The number of ether oxygens (including phenoxy) is 2. The Morgan fingerprint density at radius 1 is 1.19 bits per heavy atom. The summed E-state index contributed by atoms with van der Waals surface area (Å²) < 4.78 is 13.8. The van der Waals surface area contributed by atoms with Gasteiger partial charge in [0.25, 0.3) is 0 Å². The second-order valence-electron chi connectivity index (χ2n) is 6.87. The van der Waals surface area contributed by atoms with E-state index in [1.807, 2.05) is 66.1 Å². The maximum Gasteiger partial charge on any atom is 0.237 e. The second-order valence-corrected chi connectivity index (χ2v) is 7.81. The Labute approximate surface area is 185 Å². The molecule has 0 saturated heterocycles. The molecule has 0 saturated carbocycles. The van der Waals surface area contributed by atoms with E-state index < -0.39 is 0 Å². The van der Waals surface area contributed by atoms with Gasteiger partial charge >= 0.3 is 0 Å². The number of nitrogens with zero attached hydrogens (tertiary/aromatic N) is 4. The average Bonchev–Trinajstić information content (AvgIpc) is 3.21. The van der Waals surface area contributed by atoms with Gasteiger partial charge in [0.15, 0.2) is 28.6 Å². The molecule has 0 fully saturated rings. The highest BCUT2D eigenvalue weighted by Gasteiger charge is 2.28. The number of allylic oxidation sites excluding steroid dienone is 1. The van der Waals surface area contributed by atoms with Crippen molar-refractivity contribution < 1.29 is 14.3 Å². The summed E-state index contributed by atoms with van der Waals surface area (Å²) in [5.41, 5.74) is 0.885. The van der Waals surface area contributed by atoms with Gasteiger partial charge in [0, 0.05) is 18.8 Å². The van der Waals surface area contributed by atoms with Crippen LogP contribution in [0.5, 0.6) is 11.5 Å². The number of hydrogen-bond donors (Lipinski definition) is 0. The fourth-order valence-corrected chi connectivity index (χ4v) is 4.24. The van der Waals surface area contributed by atoms with Crippen molar-refractivity contribution in [1.29, 1.82) is 0 Å². The Hall–Kier alpha value is -3.26. The Balaban J connectivity index is 1.49. The highest BCUT2D eigenvalue weighted by atomic mass is 32.2.